The summed E-state index contributed by atoms with van der Waals surface area (Å²) in [4.78, 5) is 30.4. The molecule has 3 aromatic rings. The fourth-order valence-electron chi connectivity index (χ4n) is 2.98. The molecule has 8 nitrogen and oxygen atoms in total. The molecular weight excluding hydrogens is 495 g/mol. The zero-order valence-electron chi connectivity index (χ0n) is 16.3. The number of rotatable bonds is 6. The molecule has 0 fully saturated rings. The maximum atomic E-state index is 12.9. The van der Waals surface area contributed by atoms with Crippen molar-refractivity contribution in [1.29, 1.82) is 0 Å². The lowest BCUT2D eigenvalue weighted by molar-refractivity contribution is -0.120. The van der Waals surface area contributed by atoms with Crippen molar-refractivity contribution in [3.8, 4) is 0 Å². The topological polar surface area (TPSA) is 108 Å². The van der Waals surface area contributed by atoms with Crippen LogP contribution >= 0.6 is 34.5 Å². The molecule has 1 aliphatic heterocycles. The van der Waals surface area contributed by atoms with Crippen LogP contribution < -0.4 is 14.9 Å². The Bertz CT molecular complexity index is 1350. The van der Waals surface area contributed by atoms with Crippen molar-refractivity contribution < 1.29 is 18.0 Å². The number of carbonyl (C=O) groups excluding carboxylic acids is 2. The Balaban J connectivity index is 1.56. The van der Waals surface area contributed by atoms with Gasteiger partial charge in [0.1, 0.15) is 10.7 Å². The molecule has 2 amide bonds. The average Bonchev–Trinajstić information content (AvgIpc) is 3.33. The third kappa shape index (κ3) is 4.09. The van der Waals surface area contributed by atoms with E-state index in [-0.39, 0.29) is 20.8 Å². The summed E-state index contributed by atoms with van der Waals surface area (Å²) in [5, 5.41) is 4.83. The number of halogens is 2. The van der Waals surface area contributed by atoms with Crippen molar-refractivity contribution in [2.75, 3.05) is 14.9 Å². The Labute approximate surface area is 197 Å². The summed E-state index contributed by atoms with van der Waals surface area (Å²) < 4.78 is 27.3. The number of carbonyl (C=O) groups is 2. The summed E-state index contributed by atoms with van der Waals surface area (Å²) in [6.07, 6.45) is 1.49. The lowest BCUT2D eigenvalue weighted by atomic mass is 10.2. The summed E-state index contributed by atoms with van der Waals surface area (Å²) in [6.45, 7) is 1.69. The number of amides is 2. The molecule has 0 saturated carbocycles. The first kappa shape index (κ1) is 22.3. The van der Waals surface area contributed by atoms with Crippen LogP contribution in [-0.4, -0.2) is 25.2 Å². The fourth-order valence-corrected chi connectivity index (χ4v) is 5.15. The van der Waals surface area contributed by atoms with Gasteiger partial charge in [0.2, 0.25) is 0 Å². The van der Waals surface area contributed by atoms with Crippen LogP contribution in [0, 0.1) is 6.92 Å². The number of sulfonamides is 1. The summed E-state index contributed by atoms with van der Waals surface area (Å²) in [5.74, 6) is -1.33. The van der Waals surface area contributed by atoms with Gasteiger partial charge in [0.05, 0.1) is 10.6 Å². The van der Waals surface area contributed by atoms with Crippen molar-refractivity contribution in [3.05, 3.63) is 75.4 Å². The van der Waals surface area contributed by atoms with Crippen LogP contribution in [0.1, 0.15) is 5.56 Å². The molecule has 0 radical (unpaired) electrons. The van der Waals surface area contributed by atoms with E-state index in [1.807, 2.05) is 0 Å². The Kier molecular flexibility index (Phi) is 5.95. The number of imide groups is 1. The number of nitrogens with zero attached hydrogens (tertiary/aromatic N) is 2. The molecule has 32 heavy (non-hydrogen) atoms. The van der Waals surface area contributed by atoms with Crippen molar-refractivity contribution >= 4 is 72.9 Å². The van der Waals surface area contributed by atoms with Gasteiger partial charge < -0.3 is 5.32 Å². The summed E-state index contributed by atoms with van der Waals surface area (Å²) in [6, 6.07) is 10.5. The van der Waals surface area contributed by atoms with E-state index in [1.54, 1.807) is 30.5 Å². The molecule has 0 bridgehead atoms. The molecule has 1 aliphatic rings. The SMILES string of the molecule is Cc1c(Cl)cccc1N1C(=O)C(Cl)=C(Nc2ccc(S(=O)(=O)Nc3nccs3)cc2)C1=O. The molecule has 0 aliphatic carbocycles. The largest absolute Gasteiger partial charge is 0.350 e. The minimum absolute atomic E-state index is 0.00308. The van der Waals surface area contributed by atoms with Gasteiger partial charge in [-0.05, 0) is 48.9 Å². The van der Waals surface area contributed by atoms with E-state index in [2.05, 4.69) is 15.0 Å². The molecule has 0 spiro atoms. The molecule has 0 atom stereocenters. The van der Waals surface area contributed by atoms with Crippen LogP contribution in [0.15, 0.2) is 69.7 Å². The Morgan fingerprint density at radius 1 is 1.03 bits per heavy atom. The van der Waals surface area contributed by atoms with Gasteiger partial charge in [-0.25, -0.2) is 18.3 Å². The van der Waals surface area contributed by atoms with Crippen LogP contribution in [0.2, 0.25) is 5.02 Å². The van der Waals surface area contributed by atoms with E-state index in [0.717, 1.165) is 16.2 Å². The molecule has 2 aromatic carbocycles. The molecule has 0 unspecified atom stereocenters. The summed E-state index contributed by atoms with van der Waals surface area (Å²) >= 11 is 13.4. The van der Waals surface area contributed by atoms with Gasteiger partial charge >= 0.3 is 0 Å². The predicted molar refractivity (Wildman–Crippen MR) is 125 cm³/mol. The van der Waals surface area contributed by atoms with Crippen molar-refractivity contribution in [2.45, 2.75) is 11.8 Å². The third-order valence-corrected chi connectivity index (χ3v) is 7.53. The average molecular weight is 509 g/mol. The van der Waals surface area contributed by atoms with E-state index >= 15 is 0 Å². The molecule has 4 rings (SSSR count). The maximum absolute atomic E-state index is 12.9. The Hall–Kier alpha value is -2.92. The molecule has 1 aromatic heterocycles. The van der Waals surface area contributed by atoms with Crippen LogP contribution in [0.5, 0.6) is 0 Å². The number of hydrogen-bond acceptors (Lipinski definition) is 7. The highest BCUT2D eigenvalue weighted by molar-refractivity contribution is 7.93. The van der Waals surface area contributed by atoms with Crippen molar-refractivity contribution in [1.82, 2.24) is 4.98 Å². The maximum Gasteiger partial charge on any atom is 0.283 e. The first-order chi connectivity index (χ1) is 15.2. The van der Waals surface area contributed by atoms with Crippen molar-refractivity contribution in [3.63, 3.8) is 0 Å². The minimum atomic E-state index is -3.82. The third-order valence-electron chi connectivity index (χ3n) is 4.60. The van der Waals surface area contributed by atoms with Crippen LogP contribution in [0.3, 0.4) is 0 Å². The second-order valence-electron chi connectivity index (χ2n) is 6.61. The van der Waals surface area contributed by atoms with Gasteiger partial charge in [0.15, 0.2) is 5.13 Å². The first-order valence-electron chi connectivity index (χ1n) is 9.02. The standard InChI is InChI=1S/C20H14Cl2N4O4S2/c1-11-14(21)3-2-4-15(11)26-18(27)16(22)17(19(26)28)24-12-5-7-13(8-6-12)32(29,30)25-20-23-9-10-31-20/h2-10,24H,1H3,(H,23,25). The van der Waals surface area contributed by atoms with Crippen molar-refractivity contribution in [2.24, 2.45) is 0 Å². The van der Waals surface area contributed by atoms with E-state index in [0.29, 0.717) is 22.0 Å². The molecular formula is C20H14Cl2N4O4S2. The van der Waals surface area contributed by atoms with Gasteiger partial charge in [-0.15, -0.1) is 11.3 Å². The highest BCUT2D eigenvalue weighted by Gasteiger charge is 2.39. The number of hydrogen-bond donors (Lipinski definition) is 2. The predicted octanol–water partition coefficient (Wildman–Crippen LogP) is 4.34. The lowest BCUT2D eigenvalue weighted by Crippen LogP contribution is -2.32. The second kappa shape index (κ2) is 8.55. The molecule has 164 valence electrons. The second-order valence-corrected chi connectivity index (χ2v) is 9.97. The van der Waals surface area contributed by atoms with Gasteiger partial charge in [0.25, 0.3) is 21.8 Å². The zero-order chi connectivity index (χ0) is 23.0. The zero-order valence-corrected chi connectivity index (χ0v) is 19.4. The Morgan fingerprint density at radius 2 is 1.75 bits per heavy atom. The summed E-state index contributed by atoms with van der Waals surface area (Å²) in [7, 11) is -3.82. The van der Waals surface area contributed by atoms with Gasteiger partial charge in [-0.3, -0.25) is 14.3 Å². The number of aromatic nitrogens is 1. The smallest absolute Gasteiger partial charge is 0.283 e. The Morgan fingerprint density at radius 3 is 2.41 bits per heavy atom. The first-order valence-corrected chi connectivity index (χ1v) is 12.1. The quantitative estimate of drug-likeness (QED) is 0.479. The summed E-state index contributed by atoms with van der Waals surface area (Å²) in [5.41, 5.74) is 1.14. The fraction of sp³-hybridized carbons (Fsp3) is 0.0500. The minimum Gasteiger partial charge on any atom is -0.350 e. The van der Waals surface area contributed by atoms with E-state index < -0.39 is 21.8 Å². The van der Waals surface area contributed by atoms with Crippen LogP contribution in [0.4, 0.5) is 16.5 Å². The van der Waals surface area contributed by atoms with Gasteiger partial charge in [0, 0.05) is 22.3 Å². The molecule has 2 heterocycles. The normalized spacial score (nSPS) is 14.3. The monoisotopic (exact) mass is 508 g/mol. The van der Waals surface area contributed by atoms with Crippen LogP contribution in [-0.2, 0) is 19.6 Å². The van der Waals surface area contributed by atoms with Gasteiger partial charge in [-0.1, -0.05) is 29.3 Å². The van der Waals surface area contributed by atoms with Gasteiger partial charge in [-0.2, -0.15) is 0 Å². The van der Waals surface area contributed by atoms with E-state index in [1.165, 1.54) is 30.5 Å². The van der Waals surface area contributed by atoms with Crippen LogP contribution in [0.25, 0.3) is 0 Å². The van der Waals surface area contributed by atoms with E-state index in [4.69, 9.17) is 23.2 Å². The molecule has 0 saturated heterocycles. The molecule has 12 heteroatoms. The van der Waals surface area contributed by atoms with E-state index in [9.17, 15) is 18.0 Å². The highest BCUT2D eigenvalue weighted by Crippen LogP contribution is 2.34. The number of anilines is 3. The highest BCUT2D eigenvalue weighted by atomic mass is 35.5. The lowest BCUT2D eigenvalue weighted by Gasteiger charge is -2.18. The number of thiazole rings is 1. The number of benzene rings is 2. The molecule has 2 N–H and O–H groups in total. The number of nitrogens with one attached hydrogen (secondary N) is 2.